The van der Waals surface area contributed by atoms with Gasteiger partial charge in [-0.3, -0.25) is 19.2 Å². The van der Waals surface area contributed by atoms with Crippen molar-refractivity contribution in [2.24, 2.45) is 7.05 Å². The largest absolute Gasteiger partial charge is 0.381 e. The van der Waals surface area contributed by atoms with E-state index in [1.54, 1.807) is 23.0 Å². The Labute approximate surface area is 212 Å². The molecule has 11 nitrogen and oxygen atoms in total. The molecule has 2 atom stereocenters. The summed E-state index contributed by atoms with van der Waals surface area (Å²) < 4.78 is 9.08. The number of nitrogens with zero attached hydrogens (tertiary/aromatic N) is 5. The van der Waals surface area contributed by atoms with E-state index in [-0.39, 0.29) is 24.0 Å². The van der Waals surface area contributed by atoms with E-state index in [4.69, 9.17) is 4.74 Å². The maximum Gasteiger partial charge on any atom is 0.260 e. The summed E-state index contributed by atoms with van der Waals surface area (Å²) in [5, 5.41) is 17.8. The van der Waals surface area contributed by atoms with Gasteiger partial charge in [0.2, 0.25) is 5.91 Å². The molecule has 0 saturated carbocycles. The van der Waals surface area contributed by atoms with Crippen LogP contribution in [-0.2, 0) is 16.6 Å². The molecular formula is C24H30N8O3S. The maximum absolute atomic E-state index is 13.2. The first-order valence-electron chi connectivity index (χ1n) is 11.9. The van der Waals surface area contributed by atoms with Crippen molar-refractivity contribution in [1.29, 1.82) is 0 Å². The lowest BCUT2D eigenvalue weighted by Gasteiger charge is -2.30. The van der Waals surface area contributed by atoms with E-state index in [1.807, 2.05) is 44.9 Å². The predicted molar refractivity (Wildman–Crippen MR) is 136 cm³/mol. The monoisotopic (exact) mass is 510 g/mol. The average Bonchev–Trinajstić information content (AvgIpc) is 3.50. The third kappa shape index (κ3) is 4.92. The van der Waals surface area contributed by atoms with Crippen LogP contribution >= 0.6 is 11.3 Å². The Morgan fingerprint density at radius 2 is 2.08 bits per heavy atom. The van der Waals surface area contributed by atoms with Crippen molar-refractivity contribution in [2.45, 2.75) is 32.9 Å². The highest BCUT2D eigenvalue weighted by molar-refractivity contribution is 7.21. The van der Waals surface area contributed by atoms with Crippen molar-refractivity contribution in [1.82, 2.24) is 40.2 Å². The molecule has 2 unspecified atom stereocenters. The maximum atomic E-state index is 13.2. The fourth-order valence-corrected chi connectivity index (χ4v) is 5.42. The standard InChI is InChI=1S/C24H30N8O3S/c1-14-11-31(5-6-35-14)13-22(33)28-17-7-20(15(2)25-8-17)29-23(34)19-10-27-32-12-21(36-24(19)32)18-9-26-30(4)16(18)3/h7-10,12,14-15,25H,5-6,11,13H2,1-4H3,(H,28,33)(H,29,34). The van der Waals surface area contributed by atoms with E-state index in [9.17, 15) is 9.59 Å². The second-order valence-electron chi connectivity index (χ2n) is 9.18. The number of dihydropyridines is 1. The third-order valence-corrected chi connectivity index (χ3v) is 7.59. The normalized spacial score (nSPS) is 20.6. The van der Waals surface area contributed by atoms with E-state index in [0.29, 0.717) is 30.1 Å². The first kappa shape index (κ1) is 24.2. The molecule has 1 fully saturated rings. The molecular weight excluding hydrogens is 480 g/mol. The van der Waals surface area contributed by atoms with Crippen LogP contribution < -0.4 is 16.0 Å². The molecule has 5 heterocycles. The summed E-state index contributed by atoms with van der Waals surface area (Å²) in [7, 11) is 1.90. The molecule has 1 saturated heterocycles. The van der Waals surface area contributed by atoms with Gasteiger partial charge in [0.05, 0.1) is 53.8 Å². The van der Waals surface area contributed by atoms with Gasteiger partial charge in [0.25, 0.3) is 5.91 Å². The lowest BCUT2D eigenvalue weighted by Crippen LogP contribution is -2.46. The lowest BCUT2D eigenvalue weighted by molar-refractivity contribution is -0.123. The number of carbonyl (C=O) groups excluding carboxylic acids is 2. The highest BCUT2D eigenvalue weighted by Crippen LogP contribution is 2.32. The van der Waals surface area contributed by atoms with Gasteiger partial charge in [-0.25, -0.2) is 4.52 Å². The van der Waals surface area contributed by atoms with Crippen molar-refractivity contribution in [3.8, 4) is 10.4 Å². The summed E-state index contributed by atoms with van der Waals surface area (Å²) in [4.78, 5) is 29.6. The molecule has 0 aliphatic carbocycles. The van der Waals surface area contributed by atoms with Gasteiger partial charge in [-0.1, -0.05) is 0 Å². The molecule has 5 rings (SSSR count). The van der Waals surface area contributed by atoms with Crippen LogP contribution in [0.2, 0.25) is 0 Å². The molecule has 190 valence electrons. The van der Waals surface area contributed by atoms with Crippen LogP contribution in [0.4, 0.5) is 0 Å². The van der Waals surface area contributed by atoms with Gasteiger partial charge in [-0.15, -0.1) is 11.3 Å². The minimum atomic E-state index is -0.254. The van der Waals surface area contributed by atoms with Gasteiger partial charge >= 0.3 is 0 Å². The number of ether oxygens (including phenoxy) is 1. The Morgan fingerprint density at radius 3 is 2.83 bits per heavy atom. The van der Waals surface area contributed by atoms with Gasteiger partial charge in [0.1, 0.15) is 4.83 Å². The topological polar surface area (TPSA) is 118 Å². The number of thiazole rings is 1. The number of nitrogens with one attached hydrogen (secondary N) is 3. The third-order valence-electron chi connectivity index (χ3n) is 6.44. The highest BCUT2D eigenvalue weighted by atomic mass is 32.1. The summed E-state index contributed by atoms with van der Waals surface area (Å²) >= 11 is 1.50. The number of hydrogen-bond acceptors (Lipinski definition) is 8. The van der Waals surface area contributed by atoms with Gasteiger partial charge in [-0.05, 0) is 26.8 Å². The molecule has 3 aromatic rings. The van der Waals surface area contributed by atoms with Gasteiger partial charge in [0, 0.05) is 49.5 Å². The molecule has 36 heavy (non-hydrogen) atoms. The zero-order valence-corrected chi connectivity index (χ0v) is 21.6. The number of aromatic nitrogens is 4. The van der Waals surface area contributed by atoms with Crippen molar-refractivity contribution < 1.29 is 14.3 Å². The molecule has 0 radical (unpaired) electrons. The van der Waals surface area contributed by atoms with Crippen LogP contribution in [0.15, 0.2) is 42.3 Å². The van der Waals surface area contributed by atoms with Crippen LogP contribution in [0.1, 0.15) is 29.9 Å². The van der Waals surface area contributed by atoms with Crippen LogP contribution in [-0.4, -0.2) is 74.5 Å². The van der Waals surface area contributed by atoms with E-state index in [1.165, 1.54) is 11.3 Å². The number of fused-ring (bicyclic) bond motifs is 1. The Hall–Kier alpha value is -3.48. The van der Waals surface area contributed by atoms with Crippen LogP contribution in [0.25, 0.3) is 15.3 Å². The highest BCUT2D eigenvalue weighted by Gasteiger charge is 2.23. The van der Waals surface area contributed by atoms with E-state index < -0.39 is 0 Å². The zero-order chi connectivity index (χ0) is 25.4. The summed E-state index contributed by atoms with van der Waals surface area (Å²) in [5.41, 5.74) is 3.81. The quantitative estimate of drug-likeness (QED) is 0.459. The number of rotatable bonds is 6. The predicted octanol–water partition coefficient (Wildman–Crippen LogP) is 1.39. The molecule has 0 aromatic carbocycles. The fourth-order valence-electron chi connectivity index (χ4n) is 4.30. The van der Waals surface area contributed by atoms with Crippen LogP contribution in [0.3, 0.4) is 0 Å². The molecule has 0 spiro atoms. The molecule has 3 N–H and O–H groups in total. The summed E-state index contributed by atoms with van der Waals surface area (Å²) in [6.45, 7) is 8.33. The molecule has 2 aliphatic rings. The smallest absolute Gasteiger partial charge is 0.260 e. The number of allylic oxidation sites excluding steroid dienone is 1. The van der Waals surface area contributed by atoms with Crippen LogP contribution in [0.5, 0.6) is 0 Å². The zero-order valence-electron chi connectivity index (χ0n) is 20.7. The van der Waals surface area contributed by atoms with Crippen molar-refractivity contribution in [3.63, 3.8) is 0 Å². The number of morpholine rings is 1. The Balaban J connectivity index is 1.27. The Morgan fingerprint density at radius 1 is 1.25 bits per heavy atom. The lowest BCUT2D eigenvalue weighted by atomic mass is 10.1. The summed E-state index contributed by atoms with van der Waals surface area (Å²) in [6.07, 6.45) is 8.97. The minimum absolute atomic E-state index is 0.108. The minimum Gasteiger partial charge on any atom is -0.381 e. The number of amides is 2. The van der Waals surface area contributed by atoms with Crippen molar-refractivity contribution >= 4 is 28.0 Å². The summed E-state index contributed by atoms with van der Waals surface area (Å²) in [6, 6.07) is -0.127. The van der Waals surface area contributed by atoms with Crippen LogP contribution in [0, 0.1) is 6.92 Å². The first-order chi connectivity index (χ1) is 17.3. The van der Waals surface area contributed by atoms with E-state index >= 15 is 0 Å². The average molecular weight is 511 g/mol. The molecule has 0 bridgehead atoms. The fraction of sp³-hybridized carbons (Fsp3) is 0.417. The number of hydrogen-bond donors (Lipinski definition) is 3. The second-order valence-corrected chi connectivity index (χ2v) is 10.2. The SMILES string of the molecule is Cc1c(-c2cn3ncc(C(=O)NC4=CC(NC(=O)CN5CCOC(C)C5)=CNC4C)c3s2)cnn1C. The molecule has 2 aliphatic heterocycles. The van der Waals surface area contributed by atoms with Crippen molar-refractivity contribution in [2.75, 3.05) is 26.2 Å². The summed E-state index contributed by atoms with van der Waals surface area (Å²) in [5.74, 6) is -0.361. The molecule has 12 heteroatoms. The van der Waals surface area contributed by atoms with Gasteiger partial charge < -0.3 is 20.7 Å². The molecule has 3 aromatic heterocycles. The number of carbonyl (C=O) groups is 2. The second kappa shape index (κ2) is 9.88. The van der Waals surface area contributed by atoms with Gasteiger partial charge in [-0.2, -0.15) is 10.2 Å². The van der Waals surface area contributed by atoms with Gasteiger partial charge in [0.15, 0.2) is 0 Å². The van der Waals surface area contributed by atoms with E-state index in [2.05, 4.69) is 31.0 Å². The first-order valence-corrected chi connectivity index (χ1v) is 12.7. The number of aryl methyl sites for hydroxylation is 1. The Bertz CT molecular complexity index is 1370. The van der Waals surface area contributed by atoms with Crippen molar-refractivity contribution in [3.05, 3.63) is 53.5 Å². The molecule has 2 amide bonds. The Kier molecular flexibility index (Phi) is 6.65. The van der Waals surface area contributed by atoms with E-state index in [0.717, 1.165) is 34.1 Å².